The summed E-state index contributed by atoms with van der Waals surface area (Å²) in [7, 11) is 0. The molecule has 0 aliphatic rings. The molecule has 0 aliphatic heterocycles. The first kappa shape index (κ1) is 12.5. The number of carboxylic acids is 1. The zero-order chi connectivity index (χ0) is 13.0. The number of hydrogen-bond acceptors (Lipinski definition) is 7. The summed E-state index contributed by atoms with van der Waals surface area (Å²) in [5, 5.41) is 19.7. The molecule has 0 unspecified atom stereocenters. The lowest BCUT2D eigenvalue weighted by Gasteiger charge is -1.97. The molecular formula is C10H6N4O2S2. The molecule has 0 aliphatic carbocycles. The lowest BCUT2D eigenvalue weighted by Crippen LogP contribution is -1.99. The summed E-state index contributed by atoms with van der Waals surface area (Å²) >= 11 is 2.55. The highest BCUT2D eigenvalue weighted by molar-refractivity contribution is 8.01. The molecule has 0 amide bonds. The summed E-state index contributed by atoms with van der Waals surface area (Å²) in [6.45, 7) is 0. The molecule has 2 aromatic rings. The minimum Gasteiger partial charge on any atom is -0.481 e. The van der Waals surface area contributed by atoms with Gasteiger partial charge in [-0.3, -0.25) is 4.79 Å². The Morgan fingerprint density at radius 3 is 3.17 bits per heavy atom. The van der Waals surface area contributed by atoms with E-state index in [9.17, 15) is 4.79 Å². The lowest BCUT2D eigenvalue weighted by molar-refractivity contribution is -0.136. The van der Waals surface area contributed by atoms with Gasteiger partial charge in [-0.15, -0.1) is 11.3 Å². The Labute approximate surface area is 110 Å². The Kier molecular flexibility index (Phi) is 3.86. The van der Waals surface area contributed by atoms with Crippen molar-refractivity contribution in [3.8, 4) is 6.07 Å². The third-order valence-corrected chi connectivity index (χ3v) is 3.85. The third-order valence-electron chi connectivity index (χ3n) is 1.84. The second-order valence-corrected chi connectivity index (χ2v) is 5.22. The van der Waals surface area contributed by atoms with Gasteiger partial charge in [0.15, 0.2) is 4.34 Å². The Morgan fingerprint density at radius 2 is 2.44 bits per heavy atom. The van der Waals surface area contributed by atoms with Gasteiger partial charge in [0.25, 0.3) is 0 Å². The third kappa shape index (κ3) is 3.03. The Balaban J connectivity index is 2.17. The number of rotatable bonds is 4. The highest BCUT2D eigenvalue weighted by atomic mass is 32.2. The van der Waals surface area contributed by atoms with Crippen LogP contribution in [0.4, 0.5) is 0 Å². The molecule has 1 N–H and O–H groups in total. The molecule has 0 saturated heterocycles. The fraction of sp³-hybridized carbons (Fsp3) is 0.100. The Bertz CT molecular complexity index is 620. The van der Waals surface area contributed by atoms with Crippen LogP contribution in [0.1, 0.15) is 11.3 Å². The molecule has 0 saturated carbocycles. The maximum Gasteiger partial charge on any atom is 0.309 e. The summed E-state index contributed by atoms with van der Waals surface area (Å²) in [5.74, 6) is -0.920. The van der Waals surface area contributed by atoms with Crippen molar-refractivity contribution in [3.63, 3.8) is 0 Å². The lowest BCUT2D eigenvalue weighted by atomic mass is 10.3. The van der Waals surface area contributed by atoms with E-state index < -0.39 is 5.97 Å². The first-order valence-electron chi connectivity index (χ1n) is 4.73. The van der Waals surface area contributed by atoms with Crippen LogP contribution in [0.15, 0.2) is 27.3 Å². The molecule has 8 heteroatoms. The number of nitriles is 1. The number of carbonyl (C=O) groups is 1. The molecule has 18 heavy (non-hydrogen) atoms. The minimum absolute atomic E-state index is 0.105. The molecule has 0 aromatic carbocycles. The van der Waals surface area contributed by atoms with E-state index in [1.165, 1.54) is 35.6 Å². The molecule has 2 aromatic heterocycles. The van der Waals surface area contributed by atoms with E-state index >= 15 is 0 Å². The van der Waals surface area contributed by atoms with Gasteiger partial charge in [-0.2, -0.15) is 5.26 Å². The van der Waals surface area contributed by atoms with Crippen molar-refractivity contribution in [1.29, 1.82) is 5.26 Å². The molecule has 2 heterocycles. The van der Waals surface area contributed by atoms with Crippen LogP contribution in [0.5, 0.6) is 0 Å². The number of carboxylic acid groups (broad SMARTS) is 1. The second-order valence-electron chi connectivity index (χ2n) is 3.13. The van der Waals surface area contributed by atoms with Crippen molar-refractivity contribution < 1.29 is 9.90 Å². The molecule has 90 valence electrons. The Morgan fingerprint density at radius 1 is 1.61 bits per heavy atom. The van der Waals surface area contributed by atoms with E-state index in [1.807, 2.05) is 6.07 Å². The predicted molar refractivity (Wildman–Crippen MR) is 64.3 cm³/mol. The van der Waals surface area contributed by atoms with Crippen LogP contribution < -0.4 is 0 Å². The number of nitrogens with zero attached hydrogens (tertiary/aromatic N) is 4. The largest absolute Gasteiger partial charge is 0.481 e. The van der Waals surface area contributed by atoms with Gasteiger partial charge < -0.3 is 5.11 Å². The minimum atomic E-state index is -0.920. The fourth-order valence-corrected chi connectivity index (χ4v) is 2.88. The van der Waals surface area contributed by atoms with E-state index in [-0.39, 0.29) is 6.42 Å². The van der Waals surface area contributed by atoms with Crippen LogP contribution >= 0.6 is 23.1 Å². The van der Waals surface area contributed by atoms with E-state index in [0.717, 1.165) is 0 Å². The molecule has 0 bridgehead atoms. The average molecular weight is 278 g/mol. The molecule has 0 atom stereocenters. The first-order chi connectivity index (χ1) is 8.69. The summed E-state index contributed by atoms with van der Waals surface area (Å²) in [5.41, 5.74) is 0.875. The molecule has 6 nitrogen and oxygen atoms in total. The number of aliphatic carboxylic acids is 1. The van der Waals surface area contributed by atoms with Crippen LogP contribution in [0, 0.1) is 11.3 Å². The zero-order valence-electron chi connectivity index (χ0n) is 8.90. The summed E-state index contributed by atoms with van der Waals surface area (Å²) in [6, 6.07) is 1.99. The molecule has 2 rings (SSSR count). The number of thiazole rings is 1. The van der Waals surface area contributed by atoms with Gasteiger partial charge in [-0.25, -0.2) is 15.0 Å². The monoisotopic (exact) mass is 278 g/mol. The van der Waals surface area contributed by atoms with Crippen molar-refractivity contribution in [3.05, 3.63) is 29.2 Å². The first-order valence-corrected chi connectivity index (χ1v) is 6.43. The van der Waals surface area contributed by atoms with Crippen LogP contribution in [0.3, 0.4) is 0 Å². The van der Waals surface area contributed by atoms with Crippen LogP contribution in [0.2, 0.25) is 0 Å². The Hall–Kier alpha value is -1.98. The van der Waals surface area contributed by atoms with Gasteiger partial charge in [-0.1, -0.05) is 0 Å². The molecular weight excluding hydrogens is 272 g/mol. The zero-order valence-corrected chi connectivity index (χ0v) is 10.5. The quantitative estimate of drug-likeness (QED) is 0.847. The SMILES string of the molecule is N#Cc1cncnc1Sc1nc(CC(=O)O)cs1. The standard InChI is InChI=1S/C10H6N4O2S2/c11-2-6-3-12-5-13-9(6)18-10-14-7(4-17-10)1-8(15)16/h3-5H,1H2,(H,15,16). The number of hydrogen-bond donors (Lipinski definition) is 1. The molecule has 0 radical (unpaired) electrons. The van der Waals surface area contributed by atoms with Gasteiger partial charge in [0.05, 0.1) is 12.1 Å². The summed E-state index contributed by atoms with van der Waals surface area (Å²) in [6.07, 6.45) is 2.68. The van der Waals surface area contributed by atoms with E-state index in [1.54, 1.807) is 5.38 Å². The van der Waals surface area contributed by atoms with Gasteiger partial charge in [0.2, 0.25) is 0 Å². The smallest absolute Gasteiger partial charge is 0.309 e. The normalized spacial score (nSPS) is 9.94. The van der Waals surface area contributed by atoms with Gasteiger partial charge in [-0.05, 0) is 11.8 Å². The topological polar surface area (TPSA) is 99.8 Å². The molecule has 0 fully saturated rings. The fourth-order valence-electron chi connectivity index (χ4n) is 1.13. The van der Waals surface area contributed by atoms with Crippen LogP contribution in [0.25, 0.3) is 0 Å². The van der Waals surface area contributed by atoms with Crippen molar-refractivity contribution in [1.82, 2.24) is 15.0 Å². The van der Waals surface area contributed by atoms with Crippen molar-refractivity contribution >= 4 is 29.1 Å². The van der Waals surface area contributed by atoms with Gasteiger partial charge in [0.1, 0.15) is 23.0 Å². The maximum absolute atomic E-state index is 10.5. The molecule has 0 spiro atoms. The second kappa shape index (κ2) is 5.57. The van der Waals surface area contributed by atoms with Crippen molar-refractivity contribution in [2.45, 2.75) is 15.8 Å². The number of aromatic nitrogens is 3. The van der Waals surface area contributed by atoms with E-state index in [0.29, 0.717) is 20.6 Å². The van der Waals surface area contributed by atoms with Crippen molar-refractivity contribution in [2.75, 3.05) is 0 Å². The van der Waals surface area contributed by atoms with E-state index in [2.05, 4.69) is 15.0 Å². The van der Waals surface area contributed by atoms with Crippen LogP contribution in [-0.4, -0.2) is 26.0 Å². The van der Waals surface area contributed by atoms with Gasteiger partial charge in [0, 0.05) is 11.6 Å². The highest BCUT2D eigenvalue weighted by Gasteiger charge is 2.10. The predicted octanol–water partition coefficient (Wildman–Crippen LogP) is 1.58. The van der Waals surface area contributed by atoms with Gasteiger partial charge >= 0.3 is 5.97 Å². The van der Waals surface area contributed by atoms with Crippen molar-refractivity contribution in [2.24, 2.45) is 0 Å². The average Bonchev–Trinajstić information content (AvgIpc) is 2.76. The maximum atomic E-state index is 10.5. The van der Waals surface area contributed by atoms with E-state index in [4.69, 9.17) is 10.4 Å². The highest BCUT2D eigenvalue weighted by Crippen LogP contribution is 2.30. The van der Waals surface area contributed by atoms with Crippen LogP contribution in [-0.2, 0) is 11.2 Å². The summed E-state index contributed by atoms with van der Waals surface area (Å²) < 4.78 is 0.654. The summed E-state index contributed by atoms with van der Waals surface area (Å²) in [4.78, 5) is 22.4.